The van der Waals surface area contributed by atoms with Crippen LogP contribution < -0.4 is 10.1 Å². The second-order valence-corrected chi connectivity index (χ2v) is 4.98. The van der Waals surface area contributed by atoms with E-state index in [0.29, 0.717) is 24.5 Å². The molecule has 0 aliphatic carbocycles. The Balaban J connectivity index is 2.77. The molecule has 0 fully saturated rings. The van der Waals surface area contributed by atoms with Gasteiger partial charge in [-0.25, -0.2) is 0 Å². The lowest BCUT2D eigenvalue weighted by Gasteiger charge is -2.15. The lowest BCUT2D eigenvalue weighted by Crippen LogP contribution is -2.38. The van der Waals surface area contributed by atoms with Crippen molar-refractivity contribution >= 4 is 11.8 Å². The van der Waals surface area contributed by atoms with E-state index in [9.17, 15) is 9.59 Å². The Hall–Kier alpha value is -2.40. The zero-order valence-electron chi connectivity index (χ0n) is 12.7. The molecule has 0 spiro atoms. The molecule has 0 bridgehead atoms. The summed E-state index contributed by atoms with van der Waals surface area (Å²) in [7, 11) is 0. The van der Waals surface area contributed by atoms with E-state index in [4.69, 9.17) is 9.84 Å². The summed E-state index contributed by atoms with van der Waals surface area (Å²) in [4.78, 5) is 23.2. The van der Waals surface area contributed by atoms with Gasteiger partial charge in [0.2, 0.25) is 0 Å². The Kier molecular flexibility index (Phi) is 7.05. The highest BCUT2D eigenvalue weighted by Gasteiger charge is 2.22. The highest BCUT2D eigenvalue weighted by Crippen LogP contribution is 2.15. The fourth-order valence-corrected chi connectivity index (χ4v) is 1.78. The summed E-state index contributed by atoms with van der Waals surface area (Å²) in [6, 6.07) is 5.84. The number of ketones is 1. The molecule has 118 valence electrons. The predicted octanol–water partition coefficient (Wildman–Crippen LogP) is 2.44. The second-order valence-electron chi connectivity index (χ2n) is 4.98. The molecule has 5 heteroatoms. The lowest BCUT2D eigenvalue weighted by molar-refractivity contribution is -0.137. The van der Waals surface area contributed by atoms with Crippen molar-refractivity contribution in [2.24, 2.45) is 0 Å². The number of benzene rings is 1. The summed E-state index contributed by atoms with van der Waals surface area (Å²) in [5.74, 6) is -0.666. The van der Waals surface area contributed by atoms with E-state index >= 15 is 0 Å². The van der Waals surface area contributed by atoms with Crippen LogP contribution in [0.25, 0.3) is 0 Å². The zero-order valence-corrected chi connectivity index (χ0v) is 12.7. The first-order valence-corrected chi connectivity index (χ1v) is 6.91. The van der Waals surface area contributed by atoms with Gasteiger partial charge in [0.15, 0.2) is 5.78 Å². The van der Waals surface area contributed by atoms with Gasteiger partial charge in [-0.2, -0.15) is 0 Å². The van der Waals surface area contributed by atoms with Crippen molar-refractivity contribution < 1.29 is 19.4 Å². The van der Waals surface area contributed by atoms with Crippen LogP contribution >= 0.6 is 0 Å². The molecule has 1 aromatic carbocycles. The zero-order chi connectivity index (χ0) is 16.5. The smallest absolute Gasteiger partial charge is 0.305 e. The molecule has 0 saturated carbocycles. The molecule has 1 rings (SSSR count). The number of Topliss-reactive ketones (excluding diaryl/α,β-unsaturated/α-hetero) is 1. The van der Waals surface area contributed by atoms with Crippen molar-refractivity contribution in [2.45, 2.75) is 19.4 Å². The minimum absolute atomic E-state index is 0.268. The minimum Gasteiger partial charge on any atom is -0.489 e. The highest BCUT2D eigenvalue weighted by molar-refractivity contribution is 6.01. The van der Waals surface area contributed by atoms with Gasteiger partial charge in [-0.15, -0.1) is 6.58 Å². The molecule has 0 aliphatic heterocycles. The van der Waals surface area contributed by atoms with Crippen LogP contribution in [0.3, 0.4) is 0 Å². The number of carbonyl (C=O) groups is 2. The van der Waals surface area contributed by atoms with Crippen molar-refractivity contribution in [3.8, 4) is 5.75 Å². The Labute approximate surface area is 130 Å². The maximum Gasteiger partial charge on any atom is 0.305 e. The van der Waals surface area contributed by atoms with Crippen LogP contribution in [0.4, 0.5) is 0 Å². The monoisotopic (exact) mass is 303 g/mol. The maximum absolute atomic E-state index is 12.3. The van der Waals surface area contributed by atoms with E-state index in [-0.39, 0.29) is 12.2 Å². The SMILES string of the molecule is C=CCNC(CC(=O)O)C(=O)c1ccc(OCC(=C)C)cc1. The summed E-state index contributed by atoms with van der Waals surface area (Å²) >= 11 is 0. The third-order valence-corrected chi connectivity index (χ3v) is 2.83. The standard InChI is InChI=1S/C17H21NO4/c1-4-9-18-15(10-16(19)20)17(21)13-5-7-14(8-6-13)22-11-12(2)3/h4-8,15,18H,1-2,9-11H2,3H3,(H,19,20). The van der Waals surface area contributed by atoms with E-state index in [1.54, 1.807) is 30.3 Å². The maximum atomic E-state index is 12.3. The predicted molar refractivity (Wildman–Crippen MR) is 85.3 cm³/mol. The first kappa shape index (κ1) is 17.7. The minimum atomic E-state index is -1.03. The van der Waals surface area contributed by atoms with Crippen LogP contribution in [0.5, 0.6) is 5.75 Å². The molecule has 0 aromatic heterocycles. The summed E-state index contributed by atoms with van der Waals surface area (Å²) < 4.78 is 5.46. The van der Waals surface area contributed by atoms with Crippen molar-refractivity contribution in [2.75, 3.05) is 13.2 Å². The average molecular weight is 303 g/mol. The van der Waals surface area contributed by atoms with Gasteiger partial charge in [0.25, 0.3) is 0 Å². The van der Waals surface area contributed by atoms with Crippen LogP contribution in [-0.2, 0) is 4.79 Å². The van der Waals surface area contributed by atoms with Crippen LogP contribution in [0, 0.1) is 0 Å². The normalized spacial score (nSPS) is 11.5. The van der Waals surface area contributed by atoms with Gasteiger partial charge in [-0.3, -0.25) is 9.59 Å². The summed E-state index contributed by atoms with van der Waals surface area (Å²) in [5.41, 5.74) is 1.33. The first-order chi connectivity index (χ1) is 10.4. The molecule has 0 amide bonds. The number of ether oxygens (including phenoxy) is 1. The number of carbonyl (C=O) groups excluding carboxylic acids is 1. The number of hydrogen-bond donors (Lipinski definition) is 2. The Bertz CT molecular complexity index is 548. The van der Waals surface area contributed by atoms with Gasteiger partial charge < -0.3 is 15.2 Å². The van der Waals surface area contributed by atoms with Gasteiger partial charge in [-0.05, 0) is 36.8 Å². The Morgan fingerprint density at radius 1 is 1.36 bits per heavy atom. The quantitative estimate of drug-likeness (QED) is 0.513. The van der Waals surface area contributed by atoms with Crippen molar-refractivity contribution in [3.05, 3.63) is 54.6 Å². The van der Waals surface area contributed by atoms with Crippen molar-refractivity contribution in [3.63, 3.8) is 0 Å². The van der Waals surface area contributed by atoms with Crippen molar-refractivity contribution in [1.29, 1.82) is 0 Å². The first-order valence-electron chi connectivity index (χ1n) is 6.91. The van der Waals surface area contributed by atoms with Gasteiger partial charge >= 0.3 is 5.97 Å². The number of nitrogens with one attached hydrogen (secondary N) is 1. The number of aliphatic carboxylic acids is 1. The fraction of sp³-hybridized carbons (Fsp3) is 0.294. The van der Waals surface area contributed by atoms with Gasteiger partial charge in [0.05, 0.1) is 12.5 Å². The summed E-state index contributed by atoms with van der Waals surface area (Å²) in [6.45, 7) is 9.93. The Morgan fingerprint density at radius 2 is 2.00 bits per heavy atom. The van der Waals surface area contributed by atoms with Gasteiger partial charge in [0, 0.05) is 12.1 Å². The van der Waals surface area contributed by atoms with Gasteiger partial charge in [0.1, 0.15) is 12.4 Å². The molecule has 22 heavy (non-hydrogen) atoms. The van der Waals surface area contributed by atoms with E-state index in [0.717, 1.165) is 5.57 Å². The van der Waals surface area contributed by atoms with E-state index in [1.807, 2.05) is 6.92 Å². The molecule has 1 aromatic rings. The lowest BCUT2D eigenvalue weighted by atomic mass is 10.0. The largest absolute Gasteiger partial charge is 0.489 e. The number of carboxylic acid groups (broad SMARTS) is 1. The fourth-order valence-electron chi connectivity index (χ4n) is 1.78. The third kappa shape index (κ3) is 5.93. The van der Waals surface area contributed by atoms with Crippen LogP contribution in [-0.4, -0.2) is 36.1 Å². The molecule has 1 unspecified atom stereocenters. The highest BCUT2D eigenvalue weighted by atomic mass is 16.5. The molecule has 0 saturated heterocycles. The van der Waals surface area contributed by atoms with Crippen LogP contribution in [0.1, 0.15) is 23.7 Å². The molecule has 5 nitrogen and oxygen atoms in total. The molecule has 2 N–H and O–H groups in total. The average Bonchev–Trinajstić information content (AvgIpc) is 2.48. The molecule has 0 aliphatic rings. The van der Waals surface area contributed by atoms with Gasteiger partial charge in [-0.1, -0.05) is 12.7 Å². The third-order valence-electron chi connectivity index (χ3n) is 2.83. The van der Waals surface area contributed by atoms with E-state index < -0.39 is 12.0 Å². The Morgan fingerprint density at radius 3 is 2.50 bits per heavy atom. The topological polar surface area (TPSA) is 75.6 Å². The number of carboxylic acids is 1. The summed E-state index contributed by atoms with van der Waals surface area (Å²) in [5, 5.41) is 11.8. The molecular weight excluding hydrogens is 282 g/mol. The molecule has 1 atom stereocenters. The molecular formula is C17H21NO4. The number of hydrogen-bond acceptors (Lipinski definition) is 4. The number of rotatable bonds is 10. The van der Waals surface area contributed by atoms with E-state index in [1.165, 1.54) is 0 Å². The van der Waals surface area contributed by atoms with Crippen molar-refractivity contribution in [1.82, 2.24) is 5.32 Å². The van der Waals surface area contributed by atoms with Crippen LogP contribution in [0.2, 0.25) is 0 Å². The van der Waals surface area contributed by atoms with Crippen LogP contribution in [0.15, 0.2) is 49.1 Å². The van der Waals surface area contributed by atoms with E-state index in [2.05, 4.69) is 18.5 Å². The molecule has 0 radical (unpaired) electrons. The second kappa shape index (κ2) is 8.79. The summed E-state index contributed by atoms with van der Waals surface area (Å²) in [6.07, 6.45) is 1.30. The molecule has 0 heterocycles.